The van der Waals surface area contributed by atoms with Crippen molar-refractivity contribution in [3.05, 3.63) is 82.3 Å². The average molecular weight is 577 g/mol. The Labute approximate surface area is 231 Å². The van der Waals surface area contributed by atoms with Gasteiger partial charge in [-0.05, 0) is 67.4 Å². The first kappa shape index (κ1) is 27.8. The lowest BCUT2D eigenvalue weighted by molar-refractivity contribution is -0.130. The fourth-order valence-corrected chi connectivity index (χ4v) is 5.51. The Kier molecular flexibility index (Phi) is 9.14. The van der Waals surface area contributed by atoms with Gasteiger partial charge < -0.3 is 15.0 Å². The number of nitrogens with zero attached hydrogens (tertiary/aromatic N) is 1. The third-order valence-corrected chi connectivity index (χ3v) is 7.94. The zero-order valence-corrected chi connectivity index (χ0v) is 22.8. The predicted octanol–water partition coefficient (Wildman–Crippen LogP) is 5.72. The highest BCUT2D eigenvalue weighted by atomic mass is 35.5. The third kappa shape index (κ3) is 7.18. The monoisotopic (exact) mass is 575 g/mol. The van der Waals surface area contributed by atoms with Crippen LogP contribution in [0.3, 0.4) is 0 Å². The van der Waals surface area contributed by atoms with E-state index in [4.69, 9.17) is 27.9 Å². The highest BCUT2D eigenvalue weighted by Crippen LogP contribution is 2.35. The summed E-state index contributed by atoms with van der Waals surface area (Å²) in [5.41, 5.74) is 0.445. The number of carbonyl (C=O) groups is 2. The minimum Gasteiger partial charge on any atom is -0.454 e. The Morgan fingerprint density at radius 1 is 0.868 bits per heavy atom. The van der Waals surface area contributed by atoms with Crippen LogP contribution in [0.5, 0.6) is 11.5 Å². The Balaban J connectivity index is 1.40. The fraction of sp³-hybridized carbons (Fsp3) is 0.259. The normalized spacial score (nSPS) is 13.9. The second-order valence-corrected chi connectivity index (χ2v) is 11.3. The third-order valence-electron chi connectivity index (χ3n) is 6.03. The molecule has 1 saturated heterocycles. The number of likely N-dealkylation sites (tertiary alicyclic amines) is 1. The number of carbonyl (C=O) groups excluding carboxylic acids is 2. The van der Waals surface area contributed by atoms with E-state index in [-0.39, 0.29) is 39.4 Å². The molecule has 38 heavy (non-hydrogen) atoms. The van der Waals surface area contributed by atoms with Crippen molar-refractivity contribution >= 4 is 50.7 Å². The summed E-state index contributed by atoms with van der Waals surface area (Å²) in [6, 6.07) is 16.7. The van der Waals surface area contributed by atoms with Gasteiger partial charge in [-0.15, -0.1) is 0 Å². The van der Waals surface area contributed by atoms with Crippen LogP contribution in [-0.4, -0.2) is 44.8 Å². The number of ether oxygens (including phenoxy) is 1. The Bertz CT molecular complexity index is 1410. The molecule has 1 fully saturated rings. The van der Waals surface area contributed by atoms with Crippen molar-refractivity contribution in [1.29, 1.82) is 0 Å². The summed E-state index contributed by atoms with van der Waals surface area (Å²) in [5, 5.41) is 3.34. The van der Waals surface area contributed by atoms with E-state index in [2.05, 4.69) is 10.0 Å². The van der Waals surface area contributed by atoms with Gasteiger partial charge in [0.15, 0.2) is 5.75 Å². The van der Waals surface area contributed by atoms with Crippen molar-refractivity contribution in [2.45, 2.75) is 30.6 Å². The van der Waals surface area contributed by atoms with Gasteiger partial charge in [-0.25, -0.2) is 8.42 Å². The van der Waals surface area contributed by atoms with Crippen LogP contribution in [-0.2, 0) is 14.8 Å². The maximum Gasteiger partial charge on any atom is 0.262 e. The van der Waals surface area contributed by atoms with Crippen LogP contribution in [0.15, 0.2) is 71.6 Å². The van der Waals surface area contributed by atoms with Gasteiger partial charge in [0.1, 0.15) is 5.75 Å². The fourth-order valence-electron chi connectivity index (χ4n) is 4.00. The van der Waals surface area contributed by atoms with Gasteiger partial charge in [0.05, 0.1) is 22.2 Å². The number of benzene rings is 3. The molecule has 3 aromatic rings. The van der Waals surface area contributed by atoms with E-state index in [1.54, 1.807) is 41.3 Å². The summed E-state index contributed by atoms with van der Waals surface area (Å²) < 4.78 is 34.4. The predicted molar refractivity (Wildman–Crippen MR) is 148 cm³/mol. The minimum absolute atomic E-state index is 0.0472. The summed E-state index contributed by atoms with van der Waals surface area (Å²) in [6.45, 7) is 1.30. The van der Waals surface area contributed by atoms with E-state index in [1.165, 1.54) is 30.3 Å². The van der Waals surface area contributed by atoms with Gasteiger partial charge in [0.25, 0.3) is 15.9 Å². The number of nitrogens with one attached hydrogen (secondary N) is 2. The molecule has 0 atom stereocenters. The molecule has 2 N–H and O–H groups in total. The molecule has 0 bridgehead atoms. The van der Waals surface area contributed by atoms with Crippen molar-refractivity contribution in [2.75, 3.05) is 24.4 Å². The largest absolute Gasteiger partial charge is 0.454 e. The van der Waals surface area contributed by atoms with Crippen molar-refractivity contribution in [2.24, 2.45) is 0 Å². The van der Waals surface area contributed by atoms with Gasteiger partial charge >= 0.3 is 0 Å². The molecule has 1 aliphatic heterocycles. The van der Waals surface area contributed by atoms with E-state index in [9.17, 15) is 18.0 Å². The van der Waals surface area contributed by atoms with Gasteiger partial charge in [-0.3, -0.25) is 14.3 Å². The zero-order valence-electron chi connectivity index (χ0n) is 20.5. The van der Waals surface area contributed by atoms with Gasteiger partial charge in [-0.2, -0.15) is 0 Å². The molecule has 0 saturated carbocycles. The molecule has 1 aliphatic rings. The van der Waals surface area contributed by atoms with E-state index in [0.717, 1.165) is 25.7 Å². The molecule has 200 valence electrons. The van der Waals surface area contributed by atoms with Crippen LogP contribution < -0.4 is 14.8 Å². The zero-order chi connectivity index (χ0) is 27.1. The number of anilines is 1. The number of halogens is 2. The van der Waals surface area contributed by atoms with Gasteiger partial charge in [-0.1, -0.05) is 48.2 Å². The number of amides is 2. The molecular formula is C27H27Cl2N3O5S. The molecule has 0 radical (unpaired) electrons. The molecular weight excluding hydrogens is 549 g/mol. The Morgan fingerprint density at radius 2 is 1.55 bits per heavy atom. The number of hydrogen-bond donors (Lipinski definition) is 2. The van der Waals surface area contributed by atoms with Crippen molar-refractivity contribution in [3.8, 4) is 11.5 Å². The summed E-state index contributed by atoms with van der Waals surface area (Å²) in [5.74, 6) is -0.0223. The molecule has 1 heterocycles. The maximum atomic E-state index is 13.1. The number of para-hydroxylation sites is 2. The van der Waals surface area contributed by atoms with Crippen LogP contribution in [0, 0.1) is 0 Å². The molecule has 0 unspecified atom stereocenters. The molecule has 3 aromatic carbocycles. The number of hydrogen-bond acceptors (Lipinski definition) is 5. The lowest BCUT2D eigenvalue weighted by Gasteiger charge is -2.20. The molecule has 11 heteroatoms. The summed E-state index contributed by atoms with van der Waals surface area (Å²) in [7, 11) is -4.01. The second-order valence-electron chi connectivity index (χ2n) is 8.78. The average Bonchev–Trinajstić information content (AvgIpc) is 3.19. The van der Waals surface area contributed by atoms with Crippen LogP contribution in [0.2, 0.25) is 10.0 Å². The van der Waals surface area contributed by atoms with Crippen LogP contribution >= 0.6 is 23.2 Å². The van der Waals surface area contributed by atoms with Crippen LogP contribution in [0.25, 0.3) is 0 Å². The first-order valence-electron chi connectivity index (χ1n) is 12.1. The van der Waals surface area contributed by atoms with Crippen molar-refractivity contribution in [1.82, 2.24) is 10.2 Å². The smallest absolute Gasteiger partial charge is 0.262 e. The highest BCUT2D eigenvalue weighted by molar-refractivity contribution is 7.92. The molecule has 0 aliphatic carbocycles. The topological polar surface area (TPSA) is 105 Å². The van der Waals surface area contributed by atoms with Gasteiger partial charge in [0, 0.05) is 23.7 Å². The van der Waals surface area contributed by atoms with Crippen LogP contribution in [0.4, 0.5) is 5.69 Å². The maximum absolute atomic E-state index is 13.1. The number of rotatable bonds is 8. The SMILES string of the molecule is O=C(NCC(=O)N1CCCCCC1)c1ccc(S(=O)(=O)Nc2ccccc2Oc2ccc(Cl)cc2Cl)cc1. The Hall–Kier alpha value is -3.27. The van der Waals surface area contributed by atoms with E-state index < -0.39 is 15.9 Å². The first-order valence-corrected chi connectivity index (χ1v) is 14.4. The molecule has 4 rings (SSSR count). The lowest BCUT2D eigenvalue weighted by Crippen LogP contribution is -2.40. The summed E-state index contributed by atoms with van der Waals surface area (Å²) in [4.78, 5) is 26.7. The summed E-state index contributed by atoms with van der Waals surface area (Å²) >= 11 is 12.1. The minimum atomic E-state index is -4.01. The second kappa shape index (κ2) is 12.5. The van der Waals surface area contributed by atoms with Gasteiger partial charge in [0.2, 0.25) is 5.91 Å². The number of sulfonamides is 1. The highest BCUT2D eigenvalue weighted by Gasteiger charge is 2.20. The molecule has 0 aromatic heterocycles. The molecule has 2 amide bonds. The van der Waals surface area contributed by atoms with Crippen molar-refractivity contribution in [3.63, 3.8) is 0 Å². The quantitative estimate of drug-likeness (QED) is 0.357. The van der Waals surface area contributed by atoms with E-state index in [0.29, 0.717) is 23.9 Å². The van der Waals surface area contributed by atoms with E-state index >= 15 is 0 Å². The van der Waals surface area contributed by atoms with E-state index in [1.807, 2.05) is 0 Å². The molecule has 8 nitrogen and oxygen atoms in total. The lowest BCUT2D eigenvalue weighted by atomic mass is 10.2. The van der Waals surface area contributed by atoms with Crippen LogP contribution in [0.1, 0.15) is 36.0 Å². The summed E-state index contributed by atoms with van der Waals surface area (Å²) in [6.07, 6.45) is 4.15. The standard InChI is InChI=1S/C27H27Cl2N3O5S/c28-20-11-14-24(22(29)17-20)37-25-8-4-3-7-23(25)31-38(35,36)21-12-9-19(10-13-21)27(34)30-18-26(33)32-15-5-1-2-6-16-32/h3-4,7-14,17,31H,1-2,5-6,15-16,18H2,(H,30,34). The van der Waals surface area contributed by atoms with Crippen molar-refractivity contribution < 1.29 is 22.7 Å². The first-order chi connectivity index (χ1) is 18.2. The Morgan fingerprint density at radius 3 is 2.24 bits per heavy atom. The molecule has 0 spiro atoms.